The fourth-order valence-corrected chi connectivity index (χ4v) is 2.33. The van der Waals surface area contributed by atoms with E-state index in [9.17, 15) is 14.4 Å². The molecule has 0 spiro atoms. The highest BCUT2D eigenvalue weighted by Gasteiger charge is 2.35. The number of hydrogen-bond donors (Lipinski definition) is 2. The van der Waals surface area contributed by atoms with Crippen LogP contribution in [0.1, 0.15) is 33.7 Å². The molecule has 0 aromatic carbocycles. The van der Waals surface area contributed by atoms with Crippen LogP contribution in [0.15, 0.2) is 12.3 Å². The molecule has 1 aromatic heterocycles. The van der Waals surface area contributed by atoms with Crippen LogP contribution in [0.5, 0.6) is 0 Å². The van der Waals surface area contributed by atoms with Crippen LogP contribution in [-0.2, 0) is 11.8 Å². The zero-order chi connectivity index (χ0) is 14.2. The van der Waals surface area contributed by atoms with Crippen molar-refractivity contribution < 1.29 is 19.5 Å². The van der Waals surface area contributed by atoms with Gasteiger partial charge >= 0.3 is 5.97 Å². The van der Waals surface area contributed by atoms with Gasteiger partial charge in [-0.3, -0.25) is 9.59 Å². The first-order valence-corrected chi connectivity index (χ1v) is 5.91. The largest absolute Gasteiger partial charge is 0.480 e. The number of carbonyl (C=O) groups is 3. The monoisotopic (exact) mass is 265 g/mol. The van der Waals surface area contributed by atoms with E-state index in [1.807, 2.05) is 0 Å². The number of rotatable bonds is 3. The van der Waals surface area contributed by atoms with Crippen molar-refractivity contribution in [3.8, 4) is 0 Å². The number of carbonyl (C=O) groups excluding carboxylic acids is 2. The molecule has 1 fully saturated rings. The second kappa shape index (κ2) is 4.75. The highest BCUT2D eigenvalue weighted by Crippen LogP contribution is 2.21. The van der Waals surface area contributed by atoms with Gasteiger partial charge in [0.1, 0.15) is 11.7 Å². The van der Waals surface area contributed by atoms with Gasteiger partial charge in [-0.25, -0.2) is 4.79 Å². The molecule has 0 radical (unpaired) electrons. The Labute approximate surface area is 109 Å². The third-order valence-electron chi connectivity index (χ3n) is 3.31. The van der Waals surface area contributed by atoms with Gasteiger partial charge in [0.2, 0.25) is 5.91 Å². The molecule has 1 saturated heterocycles. The number of nitrogens with zero attached hydrogens (tertiary/aromatic N) is 2. The van der Waals surface area contributed by atoms with Gasteiger partial charge in [-0.1, -0.05) is 0 Å². The molecule has 1 aromatic rings. The van der Waals surface area contributed by atoms with E-state index >= 15 is 0 Å². The van der Waals surface area contributed by atoms with Crippen molar-refractivity contribution in [2.75, 3.05) is 6.54 Å². The van der Waals surface area contributed by atoms with E-state index in [0.717, 1.165) is 0 Å². The Morgan fingerprint density at radius 3 is 2.63 bits per heavy atom. The van der Waals surface area contributed by atoms with Crippen LogP contribution in [0, 0.1) is 0 Å². The average molecular weight is 265 g/mol. The summed E-state index contributed by atoms with van der Waals surface area (Å²) in [5.41, 5.74) is 5.65. The van der Waals surface area contributed by atoms with Crippen LogP contribution in [0.3, 0.4) is 0 Å². The van der Waals surface area contributed by atoms with E-state index in [0.29, 0.717) is 19.4 Å². The minimum Gasteiger partial charge on any atom is -0.480 e. The van der Waals surface area contributed by atoms with Crippen molar-refractivity contribution in [2.45, 2.75) is 18.9 Å². The van der Waals surface area contributed by atoms with E-state index in [4.69, 9.17) is 10.8 Å². The van der Waals surface area contributed by atoms with Gasteiger partial charge in [-0.2, -0.15) is 0 Å². The third-order valence-corrected chi connectivity index (χ3v) is 3.31. The Kier molecular flexibility index (Phi) is 3.28. The number of nitrogens with two attached hydrogens (primary N) is 1. The molecule has 1 aliphatic rings. The summed E-state index contributed by atoms with van der Waals surface area (Å²) in [6, 6.07) is 0.599. The quantitative estimate of drug-likeness (QED) is 0.790. The predicted molar refractivity (Wildman–Crippen MR) is 65.6 cm³/mol. The first-order chi connectivity index (χ1) is 8.91. The topological polar surface area (TPSA) is 106 Å². The molecule has 102 valence electrons. The minimum absolute atomic E-state index is 0.233. The summed E-state index contributed by atoms with van der Waals surface area (Å²) in [5, 5.41) is 9.07. The van der Waals surface area contributed by atoms with Crippen molar-refractivity contribution in [3.05, 3.63) is 23.5 Å². The molecule has 19 heavy (non-hydrogen) atoms. The second-order valence-corrected chi connectivity index (χ2v) is 4.58. The number of primary amides is 1. The second-order valence-electron chi connectivity index (χ2n) is 4.58. The van der Waals surface area contributed by atoms with E-state index in [1.165, 1.54) is 21.7 Å². The number of hydrogen-bond acceptors (Lipinski definition) is 3. The van der Waals surface area contributed by atoms with Crippen molar-refractivity contribution >= 4 is 17.8 Å². The van der Waals surface area contributed by atoms with Gasteiger partial charge in [0.05, 0.1) is 5.56 Å². The Bertz CT molecular complexity index is 549. The highest BCUT2D eigenvalue weighted by molar-refractivity contribution is 6.00. The Balaban J connectivity index is 2.29. The van der Waals surface area contributed by atoms with Crippen molar-refractivity contribution in [3.63, 3.8) is 0 Å². The SMILES string of the molecule is Cn1cc(C(N)=O)cc1C(=O)N1CCC[C@@H]1C(=O)O. The summed E-state index contributed by atoms with van der Waals surface area (Å²) >= 11 is 0. The van der Waals surface area contributed by atoms with E-state index in [1.54, 1.807) is 7.05 Å². The molecule has 1 aliphatic heterocycles. The third kappa shape index (κ3) is 2.31. The Morgan fingerprint density at radius 1 is 1.42 bits per heavy atom. The number of carboxylic acid groups (broad SMARTS) is 1. The van der Waals surface area contributed by atoms with E-state index < -0.39 is 17.9 Å². The van der Waals surface area contributed by atoms with Gasteiger partial charge < -0.3 is 20.3 Å². The van der Waals surface area contributed by atoms with Gasteiger partial charge in [0.15, 0.2) is 0 Å². The lowest BCUT2D eigenvalue weighted by atomic mass is 10.2. The smallest absolute Gasteiger partial charge is 0.326 e. The lowest BCUT2D eigenvalue weighted by molar-refractivity contribution is -0.141. The Hall–Kier alpha value is -2.31. The number of amides is 2. The molecule has 0 aliphatic carbocycles. The predicted octanol–water partition coefficient (Wildman–Crippen LogP) is -0.187. The number of likely N-dealkylation sites (tertiary alicyclic amines) is 1. The summed E-state index contributed by atoms with van der Waals surface area (Å²) in [6.07, 6.45) is 2.57. The summed E-state index contributed by atoms with van der Waals surface area (Å²) in [4.78, 5) is 35.8. The zero-order valence-corrected chi connectivity index (χ0v) is 10.5. The number of aryl methyl sites for hydroxylation is 1. The zero-order valence-electron chi connectivity index (χ0n) is 10.5. The summed E-state index contributed by atoms with van der Waals surface area (Å²) in [7, 11) is 1.62. The maximum atomic E-state index is 12.3. The molecule has 2 amide bonds. The van der Waals surface area contributed by atoms with E-state index in [2.05, 4.69) is 0 Å². The molecule has 0 saturated carbocycles. The molecule has 2 rings (SSSR count). The minimum atomic E-state index is -1.00. The molecule has 3 N–H and O–H groups in total. The first kappa shape index (κ1) is 13.1. The summed E-state index contributed by atoms with van der Waals surface area (Å²) < 4.78 is 1.49. The van der Waals surface area contributed by atoms with Crippen molar-refractivity contribution in [2.24, 2.45) is 12.8 Å². The van der Waals surface area contributed by atoms with Crippen LogP contribution in [0.4, 0.5) is 0 Å². The Morgan fingerprint density at radius 2 is 2.11 bits per heavy atom. The molecule has 0 bridgehead atoms. The van der Waals surface area contributed by atoms with Gasteiger partial charge in [-0.05, 0) is 18.9 Å². The maximum absolute atomic E-state index is 12.3. The lowest BCUT2D eigenvalue weighted by Crippen LogP contribution is -2.41. The lowest BCUT2D eigenvalue weighted by Gasteiger charge is -2.21. The van der Waals surface area contributed by atoms with Gasteiger partial charge in [0.25, 0.3) is 5.91 Å². The molecular weight excluding hydrogens is 250 g/mol. The molecule has 2 heterocycles. The molecule has 7 heteroatoms. The van der Waals surface area contributed by atoms with Crippen LogP contribution < -0.4 is 5.73 Å². The van der Waals surface area contributed by atoms with Gasteiger partial charge in [0, 0.05) is 19.8 Å². The average Bonchev–Trinajstić information content (AvgIpc) is 2.93. The van der Waals surface area contributed by atoms with Crippen molar-refractivity contribution in [1.82, 2.24) is 9.47 Å². The van der Waals surface area contributed by atoms with Crippen molar-refractivity contribution in [1.29, 1.82) is 0 Å². The van der Waals surface area contributed by atoms with Crippen LogP contribution in [-0.4, -0.2) is 44.9 Å². The normalized spacial score (nSPS) is 18.6. The molecule has 1 atom stereocenters. The maximum Gasteiger partial charge on any atom is 0.326 e. The van der Waals surface area contributed by atoms with Crippen LogP contribution >= 0.6 is 0 Å². The fourth-order valence-electron chi connectivity index (χ4n) is 2.33. The van der Waals surface area contributed by atoms with Gasteiger partial charge in [-0.15, -0.1) is 0 Å². The number of carboxylic acids is 1. The summed E-state index contributed by atoms with van der Waals surface area (Å²) in [6.45, 7) is 0.410. The standard InChI is InChI=1S/C12H15N3O4/c1-14-6-7(10(13)16)5-9(14)11(17)15-4-2-3-8(15)12(18)19/h5-6,8H,2-4H2,1H3,(H2,13,16)(H,18,19)/t8-/m1/s1. The first-order valence-electron chi connectivity index (χ1n) is 5.91. The van der Waals surface area contributed by atoms with Crippen LogP contribution in [0.2, 0.25) is 0 Å². The van der Waals surface area contributed by atoms with Crippen LogP contribution in [0.25, 0.3) is 0 Å². The summed E-state index contributed by atoms with van der Waals surface area (Å²) in [5.74, 6) is -2.01. The fraction of sp³-hybridized carbons (Fsp3) is 0.417. The number of aliphatic carboxylic acids is 1. The number of aromatic nitrogens is 1. The highest BCUT2D eigenvalue weighted by atomic mass is 16.4. The van der Waals surface area contributed by atoms with E-state index in [-0.39, 0.29) is 17.2 Å². The molecule has 0 unspecified atom stereocenters. The molecular formula is C12H15N3O4. The molecule has 7 nitrogen and oxygen atoms in total.